The number of rotatable bonds is 8. The van der Waals surface area contributed by atoms with Crippen LogP contribution in [0.2, 0.25) is 6.04 Å². The summed E-state index contributed by atoms with van der Waals surface area (Å²) in [5.41, 5.74) is 4.85. The van der Waals surface area contributed by atoms with E-state index < -0.39 is 0 Å². The van der Waals surface area contributed by atoms with Gasteiger partial charge in [0.2, 0.25) is 0 Å². The molecule has 0 saturated carbocycles. The lowest BCUT2D eigenvalue weighted by molar-refractivity contribution is 0.0807. The Bertz CT molecular complexity index is 557. The maximum absolute atomic E-state index is 6.25. The molecule has 2 aromatic carbocycles. The van der Waals surface area contributed by atoms with Crippen LogP contribution in [0.1, 0.15) is 23.7 Å². The Morgan fingerprint density at radius 3 is 1.54 bits per heavy atom. The van der Waals surface area contributed by atoms with Crippen molar-refractivity contribution in [1.29, 1.82) is 0 Å². The van der Waals surface area contributed by atoms with E-state index in [4.69, 9.17) is 4.74 Å². The largest absolute Gasteiger partial charge is 0.378 e. The first-order valence-electron chi connectivity index (χ1n) is 8.69. The second-order valence-corrected chi connectivity index (χ2v) is 7.58. The third-order valence-corrected chi connectivity index (χ3v) is 4.91. The average Bonchev–Trinajstić information content (AvgIpc) is 2.59. The van der Waals surface area contributed by atoms with Gasteiger partial charge in [-0.2, -0.15) is 0 Å². The van der Waals surface area contributed by atoms with Crippen LogP contribution in [-0.4, -0.2) is 45.0 Å². The van der Waals surface area contributed by atoms with E-state index in [1.54, 1.807) is 0 Å². The van der Waals surface area contributed by atoms with Gasteiger partial charge in [0, 0.05) is 56.4 Å². The Balaban J connectivity index is 2.26. The highest BCUT2D eigenvalue weighted by Gasteiger charge is 2.15. The van der Waals surface area contributed by atoms with Gasteiger partial charge in [0.25, 0.3) is 0 Å². The summed E-state index contributed by atoms with van der Waals surface area (Å²) in [5.74, 6) is 0. The first-order valence-corrected chi connectivity index (χ1v) is 10.1. The van der Waals surface area contributed by atoms with Crippen molar-refractivity contribution in [2.24, 2.45) is 0 Å². The zero-order chi connectivity index (χ0) is 17.5. The average molecular weight is 343 g/mol. The van der Waals surface area contributed by atoms with Crippen LogP contribution < -0.4 is 9.80 Å². The molecule has 0 spiro atoms. The van der Waals surface area contributed by atoms with Crippen LogP contribution in [0, 0.1) is 0 Å². The minimum absolute atomic E-state index is 0.00522. The van der Waals surface area contributed by atoms with E-state index in [9.17, 15) is 0 Å². The third-order valence-electron chi connectivity index (χ3n) is 4.21. The molecule has 4 heteroatoms. The summed E-state index contributed by atoms with van der Waals surface area (Å²) in [6.07, 6.45) is 1.15. The molecule has 0 saturated heterocycles. The van der Waals surface area contributed by atoms with Crippen molar-refractivity contribution in [3.63, 3.8) is 0 Å². The lowest BCUT2D eigenvalue weighted by atomic mass is 10.0. The fraction of sp³-hybridized carbons (Fsp3) is 0.400. The van der Waals surface area contributed by atoms with Crippen molar-refractivity contribution in [3.05, 3.63) is 59.7 Å². The smallest absolute Gasteiger partial charge is 0.108 e. The molecule has 0 atom stereocenters. The topological polar surface area (TPSA) is 15.7 Å². The SMILES string of the molecule is CN(C)c1ccc(C(OCCC[SiH3])c2ccc(N(C)C)cc2)cc1. The number of hydrogen-bond donors (Lipinski definition) is 0. The fourth-order valence-electron chi connectivity index (χ4n) is 2.62. The Morgan fingerprint density at radius 2 is 1.21 bits per heavy atom. The maximum Gasteiger partial charge on any atom is 0.108 e. The molecule has 0 aliphatic rings. The zero-order valence-corrected chi connectivity index (χ0v) is 17.6. The van der Waals surface area contributed by atoms with Crippen LogP contribution in [-0.2, 0) is 4.74 Å². The lowest BCUT2D eigenvalue weighted by Gasteiger charge is -2.21. The van der Waals surface area contributed by atoms with Crippen molar-refractivity contribution in [1.82, 2.24) is 0 Å². The molecule has 3 nitrogen and oxygen atoms in total. The van der Waals surface area contributed by atoms with E-state index in [2.05, 4.69) is 86.5 Å². The van der Waals surface area contributed by atoms with Crippen molar-refractivity contribution in [3.8, 4) is 0 Å². The van der Waals surface area contributed by atoms with Gasteiger partial charge >= 0.3 is 0 Å². The van der Waals surface area contributed by atoms with Gasteiger partial charge in [0.1, 0.15) is 6.10 Å². The highest BCUT2D eigenvalue weighted by atomic mass is 28.1. The number of nitrogens with zero attached hydrogens (tertiary/aromatic N) is 2. The normalized spacial score (nSPS) is 11.0. The van der Waals surface area contributed by atoms with Gasteiger partial charge in [0.15, 0.2) is 0 Å². The van der Waals surface area contributed by atoms with Gasteiger partial charge in [-0.1, -0.05) is 30.3 Å². The number of hydrogen-bond acceptors (Lipinski definition) is 3. The monoisotopic (exact) mass is 342 g/mol. The molecular weight excluding hydrogens is 312 g/mol. The lowest BCUT2D eigenvalue weighted by Crippen LogP contribution is -2.11. The molecule has 0 N–H and O–H groups in total. The molecule has 2 rings (SSSR count). The van der Waals surface area contributed by atoms with Crippen LogP contribution in [0.4, 0.5) is 11.4 Å². The first-order chi connectivity index (χ1) is 11.5. The van der Waals surface area contributed by atoms with Gasteiger partial charge in [-0.05, 0) is 41.8 Å². The quantitative estimate of drug-likeness (QED) is 0.541. The minimum Gasteiger partial charge on any atom is -0.378 e. The molecule has 0 aliphatic heterocycles. The molecule has 2 aromatic rings. The third kappa shape index (κ3) is 4.85. The van der Waals surface area contributed by atoms with Crippen LogP contribution in [0.3, 0.4) is 0 Å². The van der Waals surface area contributed by atoms with Gasteiger partial charge < -0.3 is 14.5 Å². The Morgan fingerprint density at radius 1 is 0.792 bits per heavy atom. The van der Waals surface area contributed by atoms with E-state index in [0.29, 0.717) is 0 Å². The molecule has 0 bridgehead atoms. The highest BCUT2D eigenvalue weighted by Crippen LogP contribution is 2.29. The molecule has 24 heavy (non-hydrogen) atoms. The fourth-order valence-corrected chi connectivity index (χ4v) is 2.91. The summed E-state index contributed by atoms with van der Waals surface area (Å²) in [6.45, 7) is 0.818. The first kappa shape index (κ1) is 18.6. The van der Waals surface area contributed by atoms with Gasteiger partial charge in [-0.3, -0.25) is 0 Å². The molecular formula is C20H30N2OSi. The van der Waals surface area contributed by atoms with Gasteiger partial charge in [0.05, 0.1) is 0 Å². The molecule has 130 valence electrons. The second-order valence-electron chi connectivity index (χ2n) is 6.58. The van der Waals surface area contributed by atoms with Gasteiger partial charge in [-0.25, -0.2) is 0 Å². The summed E-state index contributed by atoms with van der Waals surface area (Å²) in [7, 11) is 9.50. The summed E-state index contributed by atoms with van der Waals surface area (Å²) in [4.78, 5) is 4.24. The van der Waals surface area contributed by atoms with E-state index >= 15 is 0 Å². The number of anilines is 2. The van der Waals surface area contributed by atoms with E-state index in [1.165, 1.54) is 38.8 Å². The van der Waals surface area contributed by atoms with Crippen LogP contribution in [0.25, 0.3) is 0 Å². The molecule has 0 amide bonds. The molecule has 0 aliphatic carbocycles. The molecule has 0 aromatic heterocycles. The summed E-state index contributed by atoms with van der Waals surface area (Å²) in [5, 5.41) is 0. The summed E-state index contributed by atoms with van der Waals surface area (Å²) >= 11 is 0. The van der Waals surface area contributed by atoms with Crippen LogP contribution >= 0.6 is 0 Å². The van der Waals surface area contributed by atoms with Gasteiger partial charge in [-0.15, -0.1) is 0 Å². The number of ether oxygens (including phenoxy) is 1. The van der Waals surface area contributed by atoms with Crippen LogP contribution in [0.15, 0.2) is 48.5 Å². The maximum atomic E-state index is 6.25. The predicted octanol–water partition coefficient (Wildman–Crippen LogP) is 3.10. The summed E-state index contributed by atoms with van der Waals surface area (Å²) < 4.78 is 6.25. The minimum atomic E-state index is 0.00522. The van der Waals surface area contributed by atoms with E-state index in [1.807, 2.05) is 0 Å². The Labute approximate surface area is 149 Å². The molecule has 0 heterocycles. The van der Waals surface area contributed by atoms with E-state index in [-0.39, 0.29) is 6.10 Å². The Kier molecular flexibility index (Phi) is 6.88. The van der Waals surface area contributed by atoms with E-state index in [0.717, 1.165) is 13.0 Å². The van der Waals surface area contributed by atoms with Crippen molar-refractivity contribution >= 4 is 21.6 Å². The van der Waals surface area contributed by atoms with Crippen LogP contribution in [0.5, 0.6) is 0 Å². The predicted molar refractivity (Wildman–Crippen MR) is 109 cm³/mol. The second kappa shape index (κ2) is 8.90. The zero-order valence-electron chi connectivity index (χ0n) is 15.6. The molecule has 0 unspecified atom stereocenters. The molecule has 0 radical (unpaired) electrons. The van der Waals surface area contributed by atoms with Crippen molar-refractivity contribution in [2.45, 2.75) is 18.6 Å². The Hall–Kier alpha value is -1.78. The molecule has 0 fully saturated rings. The summed E-state index contributed by atoms with van der Waals surface area (Å²) in [6, 6.07) is 18.6. The number of benzene rings is 2. The standard InChI is InChI=1S/C20H30N2OSi/c1-21(2)18-10-6-16(7-11-18)20(23-14-5-15-24)17-8-12-19(13-9-17)22(3)4/h6-13,20H,5,14-15H2,1-4,24H3. The van der Waals surface area contributed by atoms with Crippen molar-refractivity contribution < 1.29 is 4.74 Å². The van der Waals surface area contributed by atoms with Crippen molar-refractivity contribution in [2.75, 3.05) is 44.6 Å². The highest BCUT2D eigenvalue weighted by molar-refractivity contribution is 6.08.